The Balaban J connectivity index is 1.82. The molecule has 2 heteroatoms. The van der Waals surface area contributed by atoms with Crippen molar-refractivity contribution in [3.8, 4) is 0 Å². The summed E-state index contributed by atoms with van der Waals surface area (Å²) in [5.41, 5.74) is 6.97. The first kappa shape index (κ1) is 14.7. The van der Waals surface area contributed by atoms with E-state index in [2.05, 4.69) is 47.4 Å². The van der Waals surface area contributed by atoms with E-state index in [-0.39, 0.29) is 0 Å². The van der Waals surface area contributed by atoms with Crippen LogP contribution in [-0.2, 0) is 12.8 Å². The molecule has 0 unspecified atom stereocenters. The van der Waals surface area contributed by atoms with E-state index < -0.39 is 0 Å². The van der Waals surface area contributed by atoms with Gasteiger partial charge in [-0.1, -0.05) is 24.3 Å². The van der Waals surface area contributed by atoms with Crippen LogP contribution in [-0.4, -0.2) is 6.29 Å². The number of rotatable bonds is 4. The molecule has 1 aliphatic carbocycles. The summed E-state index contributed by atoms with van der Waals surface area (Å²) in [6, 6.07) is 24.9. The molecule has 3 aromatic carbocycles. The Labute approximate surface area is 142 Å². The van der Waals surface area contributed by atoms with Gasteiger partial charge in [0.1, 0.15) is 6.29 Å². The van der Waals surface area contributed by atoms with E-state index in [9.17, 15) is 4.79 Å². The van der Waals surface area contributed by atoms with Crippen LogP contribution < -0.4 is 4.90 Å². The molecule has 0 saturated heterocycles. The lowest BCUT2D eigenvalue weighted by Gasteiger charge is -2.26. The summed E-state index contributed by atoms with van der Waals surface area (Å²) >= 11 is 0. The van der Waals surface area contributed by atoms with Gasteiger partial charge in [0.05, 0.1) is 0 Å². The second kappa shape index (κ2) is 6.32. The molecule has 4 rings (SSSR count). The van der Waals surface area contributed by atoms with Crippen LogP contribution in [0.3, 0.4) is 0 Å². The summed E-state index contributed by atoms with van der Waals surface area (Å²) in [7, 11) is 0. The quantitative estimate of drug-likeness (QED) is 0.596. The van der Waals surface area contributed by atoms with Crippen LogP contribution in [0.25, 0.3) is 0 Å². The molecule has 0 amide bonds. The fourth-order valence-corrected chi connectivity index (χ4v) is 3.42. The number of aldehydes is 1. The summed E-state index contributed by atoms with van der Waals surface area (Å²) in [5, 5.41) is 0. The average Bonchev–Trinajstić information content (AvgIpc) is 3.11. The Hall–Kier alpha value is -2.87. The van der Waals surface area contributed by atoms with Gasteiger partial charge in [-0.2, -0.15) is 0 Å². The average molecular weight is 313 g/mol. The van der Waals surface area contributed by atoms with Gasteiger partial charge in [0.2, 0.25) is 0 Å². The standard InChI is InChI=1S/C22H19NO/c24-16-17-9-12-21(13-10-17)23(20-7-2-1-3-8-20)22-14-11-18-5-4-6-19(18)15-22/h1-3,7-16H,4-6H2. The van der Waals surface area contributed by atoms with E-state index in [0.29, 0.717) is 5.56 Å². The summed E-state index contributed by atoms with van der Waals surface area (Å²) in [6.45, 7) is 0. The maximum atomic E-state index is 10.9. The number of carbonyl (C=O) groups excluding carboxylic acids is 1. The third kappa shape index (κ3) is 2.71. The third-order valence-electron chi connectivity index (χ3n) is 4.64. The second-order valence-electron chi connectivity index (χ2n) is 6.19. The molecule has 118 valence electrons. The van der Waals surface area contributed by atoms with Crippen molar-refractivity contribution in [3.63, 3.8) is 0 Å². The van der Waals surface area contributed by atoms with Crippen molar-refractivity contribution >= 4 is 23.3 Å². The van der Waals surface area contributed by atoms with Gasteiger partial charge >= 0.3 is 0 Å². The number of aryl methyl sites for hydroxylation is 2. The zero-order valence-electron chi connectivity index (χ0n) is 13.5. The highest BCUT2D eigenvalue weighted by atomic mass is 16.1. The van der Waals surface area contributed by atoms with E-state index in [1.807, 2.05) is 30.3 Å². The summed E-state index contributed by atoms with van der Waals surface area (Å²) in [5.74, 6) is 0. The summed E-state index contributed by atoms with van der Waals surface area (Å²) < 4.78 is 0. The number of anilines is 3. The molecule has 0 radical (unpaired) electrons. The maximum Gasteiger partial charge on any atom is 0.150 e. The van der Waals surface area contributed by atoms with E-state index >= 15 is 0 Å². The molecule has 0 aromatic heterocycles. The Morgan fingerprint density at radius 2 is 1.38 bits per heavy atom. The minimum absolute atomic E-state index is 0.695. The minimum Gasteiger partial charge on any atom is -0.310 e. The van der Waals surface area contributed by atoms with Gasteiger partial charge in [-0.3, -0.25) is 4.79 Å². The van der Waals surface area contributed by atoms with Gasteiger partial charge in [-0.25, -0.2) is 0 Å². The first-order valence-corrected chi connectivity index (χ1v) is 8.37. The zero-order valence-corrected chi connectivity index (χ0v) is 13.5. The molecule has 3 aromatic rings. The SMILES string of the molecule is O=Cc1ccc(N(c2ccccc2)c2ccc3c(c2)CCC3)cc1. The van der Waals surface area contributed by atoms with Crippen molar-refractivity contribution in [1.82, 2.24) is 0 Å². The van der Waals surface area contributed by atoms with Gasteiger partial charge < -0.3 is 4.90 Å². The van der Waals surface area contributed by atoms with E-state index in [4.69, 9.17) is 0 Å². The third-order valence-corrected chi connectivity index (χ3v) is 4.64. The molecule has 1 aliphatic rings. The molecule has 0 bridgehead atoms. The highest BCUT2D eigenvalue weighted by molar-refractivity contribution is 5.80. The number of fused-ring (bicyclic) bond motifs is 1. The maximum absolute atomic E-state index is 10.9. The number of nitrogens with zero attached hydrogens (tertiary/aromatic N) is 1. The van der Waals surface area contributed by atoms with Crippen LogP contribution in [0.5, 0.6) is 0 Å². The molecule has 0 spiro atoms. The predicted molar refractivity (Wildman–Crippen MR) is 98.5 cm³/mol. The molecule has 24 heavy (non-hydrogen) atoms. The van der Waals surface area contributed by atoms with E-state index in [0.717, 1.165) is 24.1 Å². The van der Waals surface area contributed by atoms with E-state index in [1.54, 1.807) is 0 Å². The van der Waals surface area contributed by atoms with Crippen molar-refractivity contribution < 1.29 is 4.79 Å². The van der Waals surface area contributed by atoms with Crippen LogP contribution in [0.2, 0.25) is 0 Å². The molecular weight excluding hydrogens is 294 g/mol. The molecule has 0 atom stereocenters. The van der Waals surface area contributed by atoms with Crippen molar-refractivity contribution in [2.45, 2.75) is 19.3 Å². The lowest BCUT2D eigenvalue weighted by Crippen LogP contribution is -2.10. The van der Waals surface area contributed by atoms with Gasteiger partial charge in [-0.05, 0) is 78.9 Å². The normalized spacial score (nSPS) is 12.7. The van der Waals surface area contributed by atoms with Crippen molar-refractivity contribution in [2.24, 2.45) is 0 Å². The highest BCUT2D eigenvalue weighted by Gasteiger charge is 2.16. The Morgan fingerprint density at radius 1 is 0.708 bits per heavy atom. The monoisotopic (exact) mass is 313 g/mol. The summed E-state index contributed by atoms with van der Waals surface area (Å²) in [4.78, 5) is 13.2. The number of para-hydroxylation sites is 1. The van der Waals surface area contributed by atoms with Gasteiger partial charge in [0.15, 0.2) is 0 Å². The van der Waals surface area contributed by atoms with Gasteiger partial charge in [0.25, 0.3) is 0 Å². The fourth-order valence-electron chi connectivity index (χ4n) is 3.42. The topological polar surface area (TPSA) is 20.3 Å². The van der Waals surface area contributed by atoms with Crippen LogP contribution in [0, 0.1) is 0 Å². The molecule has 0 heterocycles. The number of hydrogen-bond donors (Lipinski definition) is 0. The summed E-state index contributed by atoms with van der Waals surface area (Å²) in [6.07, 6.45) is 4.48. The first-order valence-electron chi connectivity index (χ1n) is 8.37. The Kier molecular flexibility index (Phi) is 3.87. The number of carbonyl (C=O) groups is 1. The molecule has 0 aliphatic heterocycles. The van der Waals surface area contributed by atoms with Crippen LogP contribution in [0.1, 0.15) is 27.9 Å². The molecule has 0 fully saturated rings. The van der Waals surface area contributed by atoms with Crippen molar-refractivity contribution in [1.29, 1.82) is 0 Å². The molecule has 0 saturated carbocycles. The van der Waals surface area contributed by atoms with Crippen LogP contribution >= 0.6 is 0 Å². The number of benzene rings is 3. The van der Waals surface area contributed by atoms with Crippen LogP contribution in [0.4, 0.5) is 17.1 Å². The van der Waals surface area contributed by atoms with Crippen molar-refractivity contribution in [3.05, 3.63) is 89.5 Å². The highest BCUT2D eigenvalue weighted by Crippen LogP contribution is 2.36. The lowest BCUT2D eigenvalue weighted by atomic mass is 10.1. The first-order chi connectivity index (χ1) is 11.8. The second-order valence-corrected chi connectivity index (χ2v) is 6.19. The molecule has 0 N–H and O–H groups in total. The predicted octanol–water partition coefficient (Wildman–Crippen LogP) is 5.46. The van der Waals surface area contributed by atoms with Gasteiger partial charge in [0, 0.05) is 22.6 Å². The Morgan fingerprint density at radius 3 is 2.12 bits per heavy atom. The van der Waals surface area contributed by atoms with Gasteiger partial charge in [-0.15, -0.1) is 0 Å². The van der Waals surface area contributed by atoms with E-state index in [1.165, 1.54) is 29.7 Å². The van der Waals surface area contributed by atoms with Crippen molar-refractivity contribution in [2.75, 3.05) is 4.90 Å². The van der Waals surface area contributed by atoms with Crippen LogP contribution in [0.15, 0.2) is 72.8 Å². The fraction of sp³-hybridized carbons (Fsp3) is 0.136. The largest absolute Gasteiger partial charge is 0.310 e. The smallest absolute Gasteiger partial charge is 0.150 e. The minimum atomic E-state index is 0.695. The number of hydrogen-bond acceptors (Lipinski definition) is 2. The molecular formula is C22H19NO. The zero-order chi connectivity index (χ0) is 16.4. The lowest BCUT2D eigenvalue weighted by molar-refractivity contribution is 0.112. The Bertz CT molecular complexity index is 853. The molecule has 2 nitrogen and oxygen atoms in total.